The number of nitrogens with zero attached hydrogens (tertiary/aromatic N) is 1. The van der Waals surface area contributed by atoms with Crippen LogP contribution in [0.1, 0.15) is 22.3 Å². The maximum atomic E-state index is 6.53. The molecule has 2 aliphatic carbocycles. The Balaban J connectivity index is 1.14. The fourth-order valence-corrected chi connectivity index (χ4v) is 10.8. The van der Waals surface area contributed by atoms with Gasteiger partial charge in [-0.05, 0) is 120 Å². The number of benzene rings is 10. The zero-order valence-corrected chi connectivity index (χ0v) is 33.2. The first-order valence-electron chi connectivity index (χ1n) is 21.1. The van der Waals surface area contributed by atoms with Crippen LogP contribution in [-0.2, 0) is 5.41 Å². The molecule has 0 amide bonds. The third kappa shape index (κ3) is 4.79. The van der Waals surface area contributed by atoms with E-state index in [1.165, 1.54) is 77.5 Å². The van der Waals surface area contributed by atoms with Crippen LogP contribution in [0.2, 0.25) is 0 Å². The van der Waals surface area contributed by atoms with Crippen molar-refractivity contribution in [3.63, 3.8) is 0 Å². The summed E-state index contributed by atoms with van der Waals surface area (Å²) in [5.74, 6) is 0. The largest absolute Gasteiger partial charge is 0.456 e. The second-order valence-electron chi connectivity index (χ2n) is 16.3. The van der Waals surface area contributed by atoms with Gasteiger partial charge in [0.1, 0.15) is 11.2 Å². The topological polar surface area (TPSA) is 16.4 Å². The Morgan fingerprint density at radius 1 is 0.344 bits per heavy atom. The molecular formula is C59H37NO. The number of rotatable bonds is 5. The SMILES string of the molecule is c1ccc(-c2ccc(N(c3ccc4c(c3)C3(c5ccccc5-4)c4ccccc4-c4cccc5ccc(-c6ccccc6)c3c45)c3cccc4oc5ccccc5c34)cc2)cc1. The Morgan fingerprint density at radius 3 is 1.70 bits per heavy atom. The molecule has 1 unspecified atom stereocenters. The Hall–Kier alpha value is -7.94. The molecule has 0 fully saturated rings. The van der Waals surface area contributed by atoms with Crippen molar-refractivity contribution in [2.75, 3.05) is 4.90 Å². The lowest BCUT2D eigenvalue weighted by molar-refractivity contribution is 0.669. The van der Waals surface area contributed by atoms with Crippen LogP contribution in [0.4, 0.5) is 17.1 Å². The molecule has 0 saturated carbocycles. The van der Waals surface area contributed by atoms with Gasteiger partial charge in [0.15, 0.2) is 0 Å². The second-order valence-corrected chi connectivity index (χ2v) is 16.3. The summed E-state index contributed by atoms with van der Waals surface area (Å²) >= 11 is 0. The van der Waals surface area contributed by atoms with Crippen molar-refractivity contribution in [3.05, 3.63) is 247 Å². The van der Waals surface area contributed by atoms with Crippen LogP contribution >= 0.6 is 0 Å². The lowest BCUT2D eigenvalue weighted by atomic mass is 9.60. The molecule has 0 saturated heterocycles. The van der Waals surface area contributed by atoms with Crippen LogP contribution in [0.25, 0.3) is 77.2 Å². The number of para-hydroxylation sites is 1. The summed E-state index contributed by atoms with van der Waals surface area (Å²) in [4.78, 5) is 2.44. The van der Waals surface area contributed by atoms with Crippen LogP contribution in [-0.4, -0.2) is 0 Å². The highest BCUT2D eigenvalue weighted by Crippen LogP contribution is 2.64. The van der Waals surface area contributed by atoms with Gasteiger partial charge in [-0.3, -0.25) is 0 Å². The Morgan fingerprint density at radius 2 is 0.918 bits per heavy atom. The minimum atomic E-state index is -0.616. The van der Waals surface area contributed by atoms with Crippen molar-refractivity contribution in [1.82, 2.24) is 0 Å². The molecule has 1 spiro atoms. The molecule has 1 atom stereocenters. The van der Waals surface area contributed by atoms with E-state index >= 15 is 0 Å². The van der Waals surface area contributed by atoms with E-state index in [9.17, 15) is 0 Å². The molecule has 284 valence electrons. The zero-order chi connectivity index (χ0) is 40.1. The number of hydrogen-bond donors (Lipinski definition) is 0. The summed E-state index contributed by atoms with van der Waals surface area (Å²) in [5, 5.41) is 4.76. The lowest BCUT2D eigenvalue weighted by Crippen LogP contribution is -2.32. The number of hydrogen-bond acceptors (Lipinski definition) is 2. The molecule has 2 nitrogen and oxygen atoms in total. The van der Waals surface area contributed by atoms with Crippen molar-refractivity contribution in [3.8, 4) is 44.5 Å². The number of fused-ring (bicyclic) bond motifs is 12. The third-order valence-electron chi connectivity index (χ3n) is 13.3. The predicted octanol–water partition coefficient (Wildman–Crippen LogP) is 15.9. The number of anilines is 3. The summed E-state index contributed by atoms with van der Waals surface area (Å²) in [6.07, 6.45) is 0. The van der Waals surface area contributed by atoms with E-state index in [4.69, 9.17) is 4.42 Å². The van der Waals surface area contributed by atoms with Gasteiger partial charge >= 0.3 is 0 Å². The second kappa shape index (κ2) is 13.0. The molecule has 0 radical (unpaired) electrons. The van der Waals surface area contributed by atoms with Gasteiger partial charge in [0.25, 0.3) is 0 Å². The van der Waals surface area contributed by atoms with Gasteiger partial charge < -0.3 is 9.32 Å². The first-order valence-corrected chi connectivity index (χ1v) is 21.1. The molecule has 13 rings (SSSR count). The minimum absolute atomic E-state index is 0.616. The van der Waals surface area contributed by atoms with E-state index < -0.39 is 5.41 Å². The predicted molar refractivity (Wildman–Crippen MR) is 253 cm³/mol. The first kappa shape index (κ1) is 34.0. The summed E-state index contributed by atoms with van der Waals surface area (Å²) in [6, 6.07) is 82.5. The normalized spacial score (nSPS) is 14.6. The van der Waals surface area contributed by atoms with E-state index in [1.807, 2.05) is 6.07 Å². The first-order chi connectivity index (χ1) is 30.3. The van der Waals surface area contributed by atoms with Gasteiger partial charge in [-0.1, -0.05) is 182 Å². The Kier molecular flexibility index (Phi) is 7.26. The standard InChI is InChI=1S/C59H37NO/c1-3-15-38(16-4-1)39-29-32-42(33-30-39)60(53-26-14-28-55-57(53)49-22-9-12-27-54(49)61-55)43-34-36-47-45-20-7-10-24-50(45)59(52(47)37-43)51-25-11-8-21-46(51)48-23-13-19-41-31-35-44(58(59)56(41)48)40-17-5-2-6-18-40/h1-37H. The molecule has 11 aromatic rings. The molecule has 0 N–H and O–H groups in total. The highest BCUT2D eigenvalue weighted by Gasteiger charge is 2.51. The molecule has 1 heterocycles. The van der Waals surface area contributed by atoms with Gasteiger partial charge in [-0.2, -0.15) is 0 Å². The van der Waals surface area contributed by atoms with Crippen molar-refractivity contribution in [2.45, 2.75) is 5.41 Å². The van der Waals surface area contributed by atoms with Crippen molar-refractivity contribution >= 4 is 49.8 Å². The van der Waals surface area contributed by atoms with E-state index in [0.717, 1.165) is 39.0 Å². The molecule has 2 aliphatic rings. The van der Waals surface area contributed by atoms with Crippen molar-refractivity contribution < 1.29 is 4.42 Å². The number of furan rings is 1. The highest BCUT2D eigenvalue weighted by atomic mass is 16.3. The molecule has 10 aromatic carbocycles. The summed E-state index contributed by atoms with van der Waals surface area (Å²) in [5.41, 5.74) is 19.6. The molecule has 2 heteroatoms. The van der Waals surface area contributed by atoms with Gasteiger partial charge in [0.05, 0.1) is 16.5 Å². The molecule has 0 bridgehead atoms. The highest BCUT2D eigenvalue weighted by molar-refractivity contribution is 6.14. The lowest BCUT2D eigenvalue weighted by Gasteiger charge is -2.41. The van der Waals surface area contributed by atoms with E-state index in [1.54, 1.807) is 0 Å². The minimum Gasteiger partial charge on any atom is -0.456 e. The molecule has 1 aromatic heterocycles. The van der Waals surface area contributed by atoms with Gasteiger partial charge in [0.2, 0.25) is 0 Å². The van der Waals surface area contributed by atoms with Crippen LogP contribution in [0, 0.1) is 0 Å². The molecular weight excluding hydrogens is 739 g/mol. The van der Waals surface area contributed by atoms with Gasteiger partial charge in [-0.25, -0.2) is 0 Å². The zero-order valence-electron chi connectivity index (χ0n) is 33.2. The summed E-state index contributed by atoms with van der Waals surface area (Å²) in [7, 11) is 0. The third-order valence-corrected chi connectivity index (χ3v) is 13.3. The van der Waals surface area contributed by atoms with Crippen LogP contribution in [0.15, 0.2) is 229 Å². The summed E-state index contributed by atoms with van der Waals surface area (Å²) in [6.45, 7) is 0. The van der Waals surface area contributed by atoms with E-state index in [-0.39, 0.29) is 0 Å². The quantitative estimate of drug-likeness (QED) is 0.173. The average molecular weight is 776 g/mol. The van der Waals surface area contributed by atoms with Gasteiger partial charge in [-0.15, -0.1) is 0 Å². The van der Waals surface area contributed by atoms with E-state index in [0.29, 0.717) is 0 Å². The van der Waals surface area contributed by atoms with Crippen molar-refractivity contribution in [2.24, 2.45) is 0 Å². The van der Waals surface area contributed by atoms with E-state index in [2.05, 4.69) is 223 Å². The fourth-order valence-electron chi connectivity index (χ4n) is 10.8. The molecule has 0 aliphatic heterocycles. The summed E-state index contributed by atoms with van der Waals surface area (Å²) < 4.78 is 6.53. The van der Waals surface area contributed by atoms with Crippen molar-refractivity contribution in [1.29, 1.82) is 0 Å². The van der Waals surface area contributed by atoms with Gasteiger partial charge in [0, 0.05) is 16.8 Å². The molecule has 61 heavy (non-hydrogen) atoms. The maximum Gasteiger partial charge on any atom is 0.137 e. The van der Waals surface area contributed by atoms with Crippen LogP contribution in [0.5, 0.6) is 0 Å². The fraction of sp³-hybridized carbons (Fsp3) is 0.0169. The monoisotopic (exact) mass is 775 g/mol. The Labute approximate surface area is 354 Å². The van der Waals surface area contributed by atoms with Crippen LogP contribution < -0.4 is 4.90 Å². The van der Waals surface area contributed by atoms with Crippen LogP contribution in [0.3, 0.4) is 0 Å². The maximum absolute atomic E-state index is 6.53. The Bertz CT molecular complexity index is 3530. The average Bonchev–Trinajstić information content (AvgIpc) is 3.86. The smallest absolute Gasteiger partial charge is 0.137 e.